The molecule has 112 valence electrons. The summed E-state index contributed by atoms with van der Waals surface area (Å²) in [6.07, 6.45) is 4.82. The van der Waals surface area contributed by atoms with Crippen molar-refractivity contribution in [2.75, 3.05) is 13.2 Å². The van der Waals surface area contributed by atoms with E-state index in [9.17, 15) is 10.1 Å². The Kier molecular flexibility index (Phi) is 4.94. The number of nitrogens with one attached hydrogen (secondary N) is 1. The molecular formula is C13H22N4O3. The van der Waals surface area contributed by atoms with Gasteiger partial charge in [0.2, 0.25) is 0 Å². The molecule has 2 rings (SSSR count). The number of hydrogen-bond acceptors (Lipinski definition) is 5. The highest BCUT2D eigenvalue weighted by Crippen LogP contribution is 2.31. The first-order valence-electron chi connectivity index (χ1n) is 7.20. The van der Waals surface area contributed by atoms with Crippen LogP contribution in [0.2, 0.25) is 0 Å². The summed E-state index contributed by atoms with van der Waals surface area (Å²) < 4.78 is 7.17. The van der Waals surface area contributed by atoms with E-state index in [0.29, 0.717) is 18.7 Å². The molecule has 1 aromatic heterocycles. The van der Waals surface area contributed by atoms with Crippen molar-refractivity contribution in [2.24, 2.45) is 7.05 Å². The van der Waals surface area contributed by atoms with E-state index in [4.69, 9.17) is 4.74 Å². The lowest BCUT2D eigenvalue weighted by atomic mass is 10.1. The number of aromatic nitrogens is 2. The summed E-state index contributed by atoms with van der Waals surface area (Å²) in [7, 11) is 1.69. The molecule has 1 atom stereocenters. The Bertz CT molecular complexity index is 466. The van der Waals surface area contributed by atoms with Gasteiger partial charge in [-0.05, 0) is 25.8 Å². The van der Waals surface area contributed by atoms with Gasteiger partial charge in [0, 0.05) is 13.1 Å². The SMILES string of the molecule is CCCc1nn(C)c(OCC2CCCCN2)c1[N+](=O)[O-]. The summed E-state index contributed by atoms with van der Waals surface area (Å²) in [6.45, 7) is 3.42. The van der Waals surface area contributed by atoms with Crippen molar-refractivity contribution in [1.29, 1.82) is 0 Å². The summed E-state index contributed by atoms with van der Waals surface area (Å²) in [5.74, 6) is 0.269. The number of rotatable bonds is 6. The van der Waals surface area contributed by atoms with E-state index in [2.05, 4.69) is 10.4 Å². The van der Waals surface area contributed by atoms with Gasteiger partial charge in [0.05, 0.1) is 4.92 Å². The molecule has 0 saturated carbocycles. The molecule has 1 aliphatic heterocycles. The van der Waals surface area contributed by atoms with Crippen molar-refractivity contribution in [3.05, 3.63) is 15.8 Å². The molecule has 0 bridgehead atoms. The fraction of sp³-hybridized carbons (Fsp3) is 0.769. The van der Waals surface area contributed by atoms with Gasteiger partial charge in [0.15, 0.2) is 0 Å². The maximum atomic E-state index is 11.2. The Balaban J connectivity index is 2.11. The zero-order chi connectivity index (χ0) is 14.5. The van der Waals surface area contributed by atoms with E-state index in [0.717, 1.165) is 19.4 Å². The van der Waals surface area contributed by atoms with Crippen LogP contribution in [0.1, 0.15) is 38.3 Å². The van der Waals surface area contributed by atoms with Crippen LogP contribution < -0.4 is 10.1 Å². The van der Waals surface area contributed by atoms with Crippen molar-refractivity contribution >= 4 is 5.69 Å². The zero-order valence-electron chi connectivity index (χ0n) is 12.1. The maximum Gasteiger partial charge on any atom is 0.353 e. The Labute approximate surface area is 118 Å². The second-order valence-corrected chi connectivity index (χ2v) is 5.19. The summed E-state index contributed by atoms with van der Waals surface area (Å²) in [5, 5.41) is 18.8. The number of nitro groups is 1. The molecule has 7 nitrogen and oxygen atoms in total. The van der Waals surface area contributed by atoms with Crippen LogP contribution >= 0.6 is 0 Å². The van der Waals surface area contributed by atoms with Gasteiger partial charge in [-0.3, -0.25) is 10.1 Å². The molecule has 0 amide bonds. The van der Waals surface area contributed by atoms with E-state index in [1.807, 2.05) is 6.92 Å². The largest absolute Gasteiger partial charge is 0.471 e. The standard InChI is InChI=1S/C13H22N4O3/c1-3-6-11-12(17(18)19)13(16(2)15-11)20-9-10-7-4-5-8-14-10/h10,14H,3-9H2,1-2H3. The third kappa shape index (κ3) is 3.27. The van der Waals surface area contributed by atoms with E-state index in [-0.39, 0.29) is 22.5 Å². The maximum absolute atomic E-state index is 11.2. The smallest absolute Gasteiger partial charge is 0.353 e. The number of hydrogen-bond donors (Lipinski definition) is 1. The van der Waals surface area contributed by atoms with Crippen molar-refractivity contribution in [2.45, 2.75) is 45.1 Å². The minimum absolute atomic E-state index is 0.0187. The molecule has 0 radical (unpaired) electrons. The first-order chi connectivity index (χ1) is 9.63. The number of aryl methyl sites for hydroxylation is 2. The first kappa shape index (κ1) is 14.8. The quantitative estimate of drug-likeness (QED) is 0.635. The minimum atomic E-state index is -0.387. The Morgan fingerprint density at radius 3 is 2.95 bits per heavy atom. The highest BCUT2D eigenvalue weighted by molar-refractivity contribution is 5.46. The van der Waals surface area contributed by atoms with Gasteiger partial charge < -0.3 is 10.1 Å². The van der Waals surface area contributed by atoms with Gasteiger partial charge in [-0.25, -0.2) is 4.68 Å². The van der Waals surface area contributed by atoms with Crippen molar-refractivity contribution in [3.8, 4) is 5.88 Å². The second kappa shape index (κ2) is 6.69. The van der Waals surface area contributed by atoms with Crippen LogP contribution in [0.4, 0.5) is 5.69 Å². The molecule has 1 N–H and O–H groups in total. The molecule has 1 aromatic rings. The number of nitrogens with zero attached hydrogens (tertiary/aromatic N) is 3. The van der Waals surface area contributed by atoms with Crippen LogP contribution in [0, 0.1) is 10.1 Å². The van der Waals surface area contributed by atoms with E-state index >= 15 is 0 Å². The third-order valence-electron chi connectivity index (χ3n) is 3.54. The van der Waals surface area contributed by atoms with Crippen molar-refractivity contribution in [1.82, 2.24) is 15.1 Å². The van der Waals surface area contributed by atoms with Gasteiger partial charge in [-0.1, -0.05) is 19.8 Å². The van der Waals surface area contributed by atoms with Crippen LogP contribution in [0.5, 0.6) is 5.88 Å². The summed E-state index contributed by atoms with van der Waals surface area (Å²) in [5.41, 5.74) is 0.525. The molecule has 1 fully saturated rings. The minimum Gasteiger partial charge on any atom is -0.471 e. The Morgan fingerprint density at radius 2 is 2.35 bits per heavy atom. The highest BCUT2D eigenvalue weighted by atomic mass is 16.6. The van der Waals surface area contributed by atoms with Gasteiger partial charge in [0.25, 0.3) is 5.88 Å². The fourth-order valence-corrected chi connectivity index (χ4v) is 2.55. The van der Waals surface area contributed by atoms with Gasteiger partial charge in [0.1, 0.15) is 12.3 Å². The van der Waals surface area contributed by atoms with E-state index in [1.165, 1.54) is 17.5 Å². The van der Waals surface area contributed by atoms with E-state index < -0.39 is 0 Å². The van der Waals surface area contributed by atoms with Crippen molar-refractivity contribution < 1.29 is 9.66 Å². The Hall–Kier alpha value is -1.63. The predicted octanol–water partition coefficient (Wildman–Crippen LogP) is 1.80. The van der Waals surface area contributed by atoms with Crippen LogP contribution in [0.15, 0.2) is 0 Å². The van der Waals surface area contributed by atoms with Gasteiger partial charge in [-0.15, -0.1) is 0 Å². The number of ether oxygens (including phenoxy) is 1. The average molecular weight is 282 g/mol. The monoisotopic (exact) mass is 282 g/mol. The van der Waals surface area contributed by atoms with Crippen molar-refractivity contribution in [3.63, 3.8) is 0 Å². The molecule has 1 aliphatic rings. The van der Waals surface area contributed by atoms with E-state index in [1.54, 1.807) is 7.05 Å². The summed E-state index contributed by atoms with van der Waals surface area (Å²) in [6, 6.07) is 0.271. The lowest BCUT2D eigenvalue weighted by molar-refractivity contribution is -0.386. The topological polar surface area (TPSA) is 82.2 Å². The molecule has 1 unspecified atom stereocenters. The lowest BCUT2D eigenvalue weighted by Crippen LogP contribution is -2.38. The normalized spacial score (nSPS) is 19.0. The van der Waals surface area contributed by atoms with Crippen LogP contribution in [-0.4, -0.2) is 33.9 Å². The highest BCUT2D eigenvalue weighted by Gasteiger charge is 2.28. The molecule has 0 aromatic carbocycles. The predicted molar refractivity (Wildman–Crippen MR) is 75.0 cm³/mol. The molecule has 0 spiro atoms. The molecule has 2 heterocycles. The lowest BCUT2D eigenvalue weighted by Gasteiger charge is -2.23. The molecule has 20 heavy (non-hydrogen) atoms. The van der Waals surface area contributed by atoms with Crippen LogP contribution in [0.3, 0.4) is 0 Å². The van der Waals surface area contributed by atoms with Crippen LogP contribution in [0.25, 0.3) is 0 Å². The zero-order valence-corrected chi connectivity index (χ0v) is 12.1. The summed E-state index contributed by atoms with van der Waals surface area (Å²) in [4.78, 5) is 10.9. The summed E-state index contributed by atoms with van der Waals surface area (Å²) >= 11 is 0. The second-order valence-electron chi connectivity index (χ2n) is 5.19. The molecular weight excluding hydrogens is 260 g/mol. The number of piperidine rings is 1. The first-order valence-corrected chi connectivity index (χ1v) is 7.20. The average Bonchev–Trinajstić information content (AvgIpc) is 2.74. The van der Waals surface area contributed by atoms with Gasteiger partial charge >= 0.3 is 5.69 Å². The fourth-order valence-electron chi connectivity index (χ4n) is 2.55. The molecule has 1 saturated heterocycles. The molecule has 0 aliphatic carbocycles. The van der Waals surface area contributed by atoms with Gasteiger partial charge in [-0.2, -0.15) is 5.10 Å². The molecule has 7 heteroatoms. The third-order valence-corrected chi connectivity index (χ3v) is 3.54. The van der Waals surface area contributed by atoms with Crippen LogP contribution in [-0.2, 0) is 13.5 Å². The Morgan fingerprint density at radius 1 is 1.55 bits per heavy atom.